The zero-order valence-electron chi connectivity index (χ0n) is 17.9. The molecule has 0 unspecified atom stereocenters. The van der Waals surface area contributed by atoms with Gasteiger partial charge in [0.25, 0.3) is 0 Å². The molecule has 1 atom stereocenters. The number of aromatic nitrogens is 2. The molecule has 1 amide bonds. The third-order valence-corrected chi connectivity index (χ3v) is 7.37. The number of fused-ring (bicyclic) bond motifs is 1. The van der Waals surface area contributed by atoms with Gasteiger partial charge in [0, 0.05) is 19.6 Å². The SMILES string of the molecule is CCOC(=O)C1CCN(C(=O)[C@@H](C)Sc2nc3cc(S(N)(=O)=O)ccc3n2CC)CC1. The lowest BCUT2D eigenvalue weighted by Crippen LogP contribution is -2.43. The van der Waals surface area contributed by atoms with Crippen LogP contribution in [0.15, 0.2) is 28.3 Å². The zero-order valence-corrected chi connectivity index (χ0v) is 19.5. The molecule has 1 saturated heterocycles. The maximum Gasteiger partial charge on any atom is 0.309 e. The number of nitrogens with zero attached hydrogens (tertiary/aromatic N) is 3. The molecule has 1 aromatic heterocycles. The number of rotatable bonds is 7. The molecule has 1 aromatic carbocycles. The van der Waals surface area contributed by atoms with Crippen LogP contribution < -0.4 is 5.14 Å². The van der Waals surface area contributed by atoms with Gasteiger partial charge in [-0.15, -0.1) is 0 Å². The van der Waals surface area contributed by atoms with Crippen LogP contribution in [-0.4, -0.2) is 59.7 Å². The summed E-state index contributed by atoms with van der Waals surface area (Å²) in [4.78, 5) is 31.2. The number of thioether (sulfide) groups is 1. The number of primary sulfonamides is 1. The van der Waals surface area contributed by atoms with Crippen molar-refractivity contribution in [3.05, 3.63) is 18.2 Å². The summed E-state index contributed by atoms with van der Waals surface area (Å²) in [5.74, 6) is -0.343. The molecule has 1 aliphatic heterocycles. The summed E-state index contributed by atoms with van der Waals surface area (Å²) in [7, 11) is -3.82. The lowest BCUT2D eigenvalue weighted by atomic mass is 9.97. The van der Waals surface area contributed by atoms with E-state index in [0.717, 1.165) is 5.52 Å². The van der Waals surface area contributed by atoms with E-state index in [1.165, 1.54) is 23.9 Å². The van der Waals surface area contributed by atoms with Gasteiger partial charge in [-0.2, -0.15) is 0 Å². The number of piperidine rings is 1. The van der Waals surface area contributed by atoms with E-state index in [1.54, 1.807) is 17.9 Å². The Hall–Kier alpha value is -2.11. The fourth-order valence-electron chi connectivity index (χ4n) is 3.72. The second-order valence-corrected chi connectivity index (χ2v) is 10.3. The molecule has 11 heteroatoms. The van der Waals surface area contributed by atoms with Gasteiger partial charge >= 0.3 is 5.97 Å². The Balaban J connectivity index is 1.72. The maximum absolute atomic E-state index is 13.0. The topological polar surface area (TPSA) is 125 Å². The molecular weight excluding hydrogens is 440 g/mol. The van der Waals surface area contributed by atoms with E-state index in [2.05, 4.69) is 4.98 Å². The van der Waals surface area contributed by atoms with Crippen LogP contribution in [0.25, 0.3) is 11.0 Å². The van der Waals surface area contributed by atoms with Gasteiger partial charge in [-0.25, -0.2) is 18.5 Å². The first-order chi connectivity index (χ1) is 14.7. The molecule has 170 valence electrons. The van der Waals surface area contributed by atoms with E-state index in [9.17, 15) is 18.0 Å². The Morgan fingerprint density at radius 1 is 1.29 bits per heavy atom. The lowest BCUT2D eigenvalue weighted by molar-refractivity contribution is -0.151. The molecule has 1 fully saturated rings. The van der Waals surface area contributed by atoms with Crippen LogP contribution in [0.4, 0.5) is 0 Å². The molecule has 0 bridgehead atoms. The van der Waals surface area contributed by atoms with E-state index < -0.39 is 10.0 Å². The third-order valence-electron chi connectivity index (χ3n) is 5.39. The first kappa shape index (κ1) is 23.6. The Kier molecular flexibility index (Phi) is 7.28. The summed E-state index contributed by atoms with van der Waals surface area (Å²) in [6.07, 6.45) is 1.21. The first-order valence-electron chi connectivity index (χ1n) is 10.3. The Labute approximate surface area is 186 Å². The van der Waals surface area contributed by atoms with Crippen molar-refractivity contribution in [3.8, 4) is 0 Å². The van der Waals surface area contributed by atoms with Gasteiger partial charge in [0.15, 0.2) is 5.16 Å². The number of carbonyl (C=O) groups is 2. The number of ether oxygens (including phenoxy) is 1. The standard InChI is InChI=1S/C20H28N4O5S2/c1-4-24-17-7-6-15(31(21,27)28)12-16(17)22-20(24)30-13(3)18(25)23-10-8-14(9-11-23)19(26)29-5-2/h6-7,12-14H,4-5,8-11H2,1-3H3,(H2,21,27,28)/t13-/m1/s1. The molecule has 0 aliphatic carbocycles. The molecule has 0 saturated carbocycles. The molecule has 31 heavy (non-hydrogen) atoms. The molecule has 3 rings (SSSR count). The van der Waals surface area contributed by atoms with E-state index >= 15 is 0 Å². The number of hydrogen-bond donors (Lipinski definition) is 1. The van der Waals surface area contributed by atoms with Crippen molar-refractivity contribution in [1.82, 2.24) is 14.5 Å². The van der Waals surface area contributed by atoms with Crippen molar-refractivity contribution in [2.24, 2.45) is 11.1 Å². The number of likely N-dealkylation sites (tertiary alicyclic amines) is 1. The molecule has 2 aromatic rings. The molecular formula is C20H28N4O5S2. The second kappa shape index (κ2) is 9.58. The molecule has 9 nitrogen and oxygen atoms in total. The van der Waals surface area contributed by atoms with Crippen LogP contribution in [0, 0.1) is 5.92 Å². The minimum Gasteiger partial charge on any atom is -0.466 e. The smallest absolute Gasteiger partial charge is 0.309 e. The number of aryl methyl sites for hydroxylation is 1. The number of esters is 1. The average molecular weight is 469 g/mol. The van der Waals surface area contributed by atoms with E-state index in [-0.39, 0.29) is 27.9 Å². The summed E-state index contributed by atoms with van der Waals surface area (Å²) in [5.41, 5.74) is 1.30. The number of carbonyl (C=O) groups excluding carboxylic acids is 2. The minimum atomic E-state index is -3.82. The Bertz CT molecular complexity index is 1070. The van der Waals surface area contributed by atoms with Crippen molar-refractivity contribution in [1.29, 1.82) is 0 Å². The van der Waals surface area contributed by atoms with Gasteiger partial charge in [0.1, 0.15) is 0 Å². The second-order valence-electron chi connectivity index (χ2n) is 7.45. The van der Waals surface area contributed by atoms with Crippen LogP contribution in [0.1, 0.15) is 33.6 Å². The Morgan fingerprint density at radius 2 is 1.97 bits per heavy atom. The van der Waals surface area contributed by atoms with E-state index in [4.69, 9.17) is 9.88 Å². The summed E-state index contributed by atoms with van der Waals surface area (Å²) in [5, 5.41) is 5.50. The highest BCUT2D eigenvalue weighted by molar-refractivity contribution is 8.00. The van der Waals surface area contributed by atoms with Crippen LogP contribution in [0.3, 0.4) is 0 Å². The fraction of sp³-hybridized carbons (Fsp3) is 0.550. The first-order valence-corrected chi connectivity index (χ1v) is 12.7. The molecule has 0 spiro atoms. The number of nitrogens with two attached hydrogens (primary N) is 1. The van der Waals surface area contributed by atoms with Gasteiger partial charge in [-0.3, -0.25) is 9.59 Å². The van der Waals surface area contributed by atoms with Crippen molar-refractivity contribution >= 4 is 44.7 Å². The van der Waals surface area contributed by atoms with Gasteiger partial charge in [-0.05, 0) is 51.8 Å². The van der Waals surface area contributed by atoms with Crippen LogP contribution in [-0.2, 0) is 30.9 Å². The van der Waals surface area contributed by atoms with Gasteiger partial charge in [-0.1, -0.05) is 11.8 Å². The summed E-state index contributed by atoms with van der Waals surface area (Å²) in [6, 6.07) is 4.60. The average Bonchev–Trinajstić information content (AvgIpc) is 3.08. The number of sulfonamides is 1. The highest BCUT2D eigenvalue weighted by Gasteiger charge is 2.31. The molecule has 0 radical (unpaired) electrons. The summed E-state index contributed by atoms with van der Waals surface area (Å²) >= 11 is 1.34. The quantitative estimate of drug-likeness (QED) is 0.487. The van der Waals surface area contributed by atoms with Crippen molar-refractivity contribution in [2.75, 3.05) is 19.7 Å². The largest absolute Gasteiger partial charge is 0.466 e. The fourth-order valence-corrected chi connectivity index (χ4v) is 5.33. The summed E-state index contributed by atoms with van der Waals surface area (Å²) in [6.45, 7) is 7.62. The van der Waals surface area contributed by atoms with Gasteiger partial charge < -0.3 is 14.2 Å². The van der Waals surface area contributed by atoms with Crippen molar-refractivity contribution in [3.63, 3.8) is 0 Å². The molecule has 1 aliphatic rings. The lowest BCUT2D eigenvalue weighted by Gasteiger charge is -2.32. The number of hydrogen-bond acceptors (Lipinski definition) is 7. The monoisotopic (exact) mass is 468 g/mol. The van der Waals surface area contributed by atoms with Gasteiger partial charge in [0.05, 0.1) is 33.7 Å². The van der Waals surface area contributed by atoms with Crippen LogP contribution in [0.5, 0.6) is 0 Å². The molecule has 2 N–H and O–H groups in total. The van der Waals surface area contributed by atoms with Crippen LogP contribution in [0.2, 0.25) is 0 Å². The number of amides is 1. The normalized spacial score (nSPS) is 16.5. The minimum absolute atomic E-state index is 0.00546. The van der Waals surface area contributed by atoms with E-state index in [1.807, 2.05) is 18.4 Å². The van der Waals surface area contributed by atoms with Crippen LogP contribution >= 0.6 is 11.8 Å². The summed E-state index contributed by atoms with van der Waals surface area (Å²) < 4.78 is 30.3. The van der Waals surface area contributed by atoms with Gasteiger partial charge in [0.2, 0.25) is 15.9 Å². The van der Waals surface area contributed by atoms with E-state index in [0.29, 0.717) is 49.8 Å². The van der Waals surface area contributed by atoms with Crippen molar-refractivity contribution in [2.45, 2.75) is 55.5 Å². The molecule has 2 heterocycles. The maximum atomic E-state index is 13.0. The highest BCUT2D eigenvalue weighted by Crippen LogP contribution is 2.30. The Morgan fingerprint density at radius 3 is 2.55 bits per heavy atom. The zero-order chi connectivity index (χ0) is 22.8. The number of benzene rings is 1. The van der Waals surface area contributed by atoms with Crippen molar-refractivity contribution < 1.29 is 22.7 Å². The third kappa shape index (κ3) is 5.21. The predicted molar refractivity (Wildman–Crippen MR) is 118 cm³/mol. The number of imidazole rings is 1. The highest BCUT2D eigenvalue weighted by atomic mass is 32.2. The predicted octanol–water partition coefficient (Wildman–Crippen LogP) is 1.99.